The highest BCUT2D eigenvalue weighted by atomic mass is 35.5. The Bertz CT molecular complexity index is 993. The molecule has 8 heteroatoms. The maximum atomic E-state index is 12.6. The summed E-state index contributed by atoms with van der Waals surface area (Å²) in [6, 6.07) is 12.7. The number of benzene rings is 2. The van der Waals surface area contributed by atoms with E-state index < -0.39 is 0 Å². The molecule has 0 radical (unpaired) electrons. The van der Waals surface area contributed by atoms with Gasteiger partial charge in [0.05, 0.1) is 17.0 Å². The molecule has 1 saturated heterocycles. The Hall–Kier alpha value is -2.48. The number of hydrogen-bond donors (Lipinski definition) is 0. The summed E-state index contributed by atoms with van der Waals surface area (Å²) in [7, 11) is 1.58. The van der Waals surface area contributed by atoms with Gasteiger partial charge >= 0.3 is 0 Å². The normalized spacial score (nSPS) is 14.9. The van der Waals surface area contributed by atoms with E-state index in [1.807, 2.05) is 18.2 Å². The molecule has 0 N–H and O–H groups in total. The first-order chi connectivity index (χ1) is 14.5. The number of rotatable bonds is 9. The molecule has 2 aromatic rings. The van der Waals surface area contributed by atoms with Crippen LogP contribution in [0.25, 0.3) is 6.08 Å². The van der Waals surface area contributed by atoms with Gasteiger partial charge in [-0.25, -0.2) is 0 Å². The molecule has 0 unspecified atom stereocenters. The average Bonchev–Trinajstić information content (AvgIpc) is 3.01. The summed E-state index contributed by atoms with van der Waals surface area (Å²) < 4.78 is 17.4. The Morgan fingerprint density at radius 1 is 1.17 bits per heavy atom. The number of thioether (sulfide) groups is 1. The first-order valence-corrected chi connectivity index (χ1v) is 10.7. The van der Waals surface area contributed by atoms with E-state index in [1.165, 1.54) is 16.7 Å². The first-order valence-electron chi connectivity index (χ1n) is 9.08. The van der Waals surface area contributed by atoms with Gasteiger partial charge in [-0.2, -0.15) is 0 Å². The van der Waals surface area contributed by atoms with Crippen molar-refractivity contribution in [1.82, 2.24) is 4.90 Å². The van der Waals surface area contributed by atoms with Crippen molar-refractivity contribution in [2.24, 2.45) is 0 Å². The van der Waals surface area contributed by atoms with Crippen molar-refractivity contribution in [3.63, 3.8) is 0 Å². The Morgan fingerprint density at radius 2 is 1.90 bits per heavy atom. The zero-order valence-corrected chi connectivity index (χ0v) is 18.7. The van der Waals surface area contributed by atoms with Crippen LogP contribution in [0.1, 0.15) is 5.56 Å². The molecule has 0 aromatic heterocycles. The SMILES string of the molecule is C=CCN1C(=O)/C(=C/c2cc(OC)ccc2OCCOc2ccccc2Cl)SC1=S. The number of nitrogens with zero attached hydrogens (tertiary/aromatic N) is 1. The van der Waals surface area contributed by atoms with E-state index in [0.29, 0.717) is 56.8 Å². The van der Waals surface area contributed by atoms with Crippen molar-refractivity contribution in [1.29, 1.82) is 0 Å². The van der Waals surface area contributed by atoms with Gasteiger partial charge < -0.3 is 14.2 Å². The van der Waals surface area contributed by atoms with Crippen LogP contribution in [-0.2, 0) is 4.79 Å². The number of carbonyl (C=O) groups excluding carboxylic acids is 1. The van der Waals surface area contributed by atoms with Crippen LogP contribution in [0.3, 0.4) is 0 Å². The van der Waals surface area contributed by atoms with Crippen molar-refractivity contribution in [2.75, 3.05) is 26.9 Å². The van der Waals surface area contributed by atoms with Crippen LogP contribution in [0, 0.1) is 0 Å². The van der Waals surface area contributed by atoms with Crippen LogP contribution >= 0.6 is 35.6 Å². The zero-order chi connectivity index (χ0) is 21.5. The van der Waals surface area contributed by atoms with Crippen LogP contribution < -0.4 is 14.2 Å². The fourth-order valence-corrected chi connectivity index (χ4v) is 4.15. The van der Waals surface area contributed by atoms with Crippen molar-refractivity contribution >= 4 is 51.9 Å². The second-order valence-corrected chi connectivity index (χ2v) is 8.20. The van der Waals surface area contributed by atoms with E-state index in [1.54, 1.807) is 43.5 Å². The van der Waals surface area contributed by atoms with Gasteiger partial charge in [0.15, 0.2) is 0 Å². The minimum atomic E-state index is -0.152. The fourth-order valence-electron chi connectivity index (χ4n) is 2.69. The molecule has 1 amide bonds. The Kier molecular flexibility index (Phi) is 7.79. The van der Waals surface area contributed by atoms with Gasteiger partial charge in [0.1, 0.15) is 34.8 Å². The molecule has 1 aliphatic heterocycles. The third-order valence-corrected chi connectivity index (χ3v) is 5.81. The molecule has 1 fully saturated rings. The highest BCUT2D eigenvalue weighted by molar-refractivity contribution is 8.26. The predicted octanol–water partition coefficient (Wildman–Crippen LogP) is 5.19. The summed E-state index contributed by atoms with van der Waals surface area (Å²) in [6.45, 7) is 4.66. The van der Waals surface area contributed by atoms with E-state index in [4.69, 9.17) is 38.0 Å². The predicted molar refractivity (Wildman–Crippen MR) is 126 cm³/mol. The minimum absolute atomic E-state index is 0.152. The second kappa shape index (κ2) is 10.5. The van der Waals surface area contributed by atoms with E-state index >= 15 is 0 Å². The number of methoxy groups -OCH3 is 1. The molecule has 2 aromatic carbocycles. The fraction of sp³-hybridized carbons (Fsp3) is 0.182. The van der Waals surface area contributed by atoms with Gasteiger partial charge in [-0.3, -0.25) is 9.69 Å². The number of carbonyl (C=O) groups is 1. The van der Waals surface area contributed by atoms with E-state index in [9.17, 15) is 4.79 Å². The number of amides is 1. The van der Waals surface area contributed by atoms with Gasteiger partial charge in [-0.1, -0.05) is 53.8 Å². The summed E-state index contributed by atoms with van der Waals surface area (Å²) in [4.78, 5) is 14.7. The second-order valence-electron chi connectivity index (χ2n) is 6.11. The molecule has 0 aliphatic carbocycles. The lowest BCUT2D eigenvalue weighted by Crippen LogP contribution is -2.27. The van der Waals surface area contributed by atoms with Crippen molar-refractivity contribution in [3.8, 4) is 17.2 Å². The summed E-state index contributed by atoms with van der Waals surface area (Å²) in [5.74, 6) is 1.71. The largest absolute Gasteiger partial charge is 0.497 e. The van der Waals surface area contributed by atoms with E-state index in [0.717, 1.165) is 0 Å². The third-order valence-electron chi connectivity index (χ3n) is 4.12. The van der Waals surface area contributed by atoms with Crippen LogP contribution in [0.2, 0.25) is 5.02 Å². The molecule has 0 saturated carbocycles. The molecule has 30 heavy (non-hydrogen) atoms. The zero-order valence-electron chi connectivity index (χ0n) is 16.3. The minimum Gasteiger partial charge on any atom is -0.497 e. The number of halogens is 1. The molecule has 0 spiro atoms. The van der Waals surface area contributed by atoms with Gasteiger partial charge in [0.25, 0.3) is 5.91 Å². The van der Waals surface area contributed by atoms with E-state index in [-0.39, 0.29) is 5.91 Å². The lowest BCUT2D eigenvalue weighted by molar-refractivity contribution is -0.121. The van der Waals surface area contributed by atoms with Crippen molar-refractivity contribution < 1.29 is 19.0 Å². The number of ether oxygens (including phenoxy) is 3. The lowest BCUT2D eigenvalue weighted by Gasteiger charge is -2.13. The van der Waals surface area contributed by atoms with Gasteiger partial charge in [0.2, 0.25) is 0 Å². The topological polar surface area (TPSA) is 48.0 Å². The Balaban J connectivity index is 1.73. The van der Waals surface area contributed by atoms with Crippen LogP contribution in [0.5, 0.6) is 17.2 Å². The molecule has 1 heterocycles. The number of thiocarbonyl (C=S) groups is 1. The molecule has 0 bridgehead atoms. The van der Waals surface area contributed by atoms with Crippen LogP contribution in [0.15, 0.2) is 60.0 Å². The first kappa shape index (κ1) is 22.2. The monoisotopic (exact) mass is 461 g/mol. The molecule has 1 aliphatic rings. The molecular weight excluding hydrogens is 442 g/mol. The Morgan fingerprint density at radius 3 is 2.60 bits per heavy atom. The maximum absolute atomic E-state index is 12.6. The van der Waals surface area contributed by atoms with Crippen LogP contribution in [0.4, 0.5) is 0 Å². The average molecular weight is 462 g/mol. The van der Waals surface area contributed by atoms with Gasteiger partial charge in [-0.15, -0.1) is 6.58 Å². The Labute approximate surface area is 190 Å². The number of hydrogen-bond acceptors (Lipinski definition) is 6. The smallest absolute Gasteiger partial charge is 0.266 e. The summed E-state index contributed by atoms with van der Waals surface area (Å²) in [6.07, 6.45) is 3.40. The third kappa shape index (κ3) is 5.36. The van der Waals surface area contributed by atoms with Crippen LogP contribution in [-0.4, -0.2) is 42.0 Å². The molecule has 0 atom stereocenters. The van der Waals surface area contributed by atoms with Gasteiger partial charge in [-0.05, 0) is 36.4 Å². The number of para-hydroxylation sites is 1. The highest BCUT2D eigenvalue weighted by Crippen LogP contribution is 2.35. The standard InChI is InChI=1S/C22H20ClNO4S2/c1-3-10-24-21(25)20(30-22(24)29)14-15-13-16(26-2)8-9-18(15)27-11-12-28-19-7-5-4-6-17(19)23/h3-9,13-14H,1,10-12H2,2H3/b20-14-. The molecular formula is C22H20ClNO4S2. The summed E-state index contributed by atoms with van der Waals surface area (Å²) in [5.41, 5.74) is 0.714. The van der Waals surface area contributed by atoms with E-state index in [2.05, 4.69) is 6.58 Å². The van der Waals surface area contributed by atoms with Gasteiger partial charge in [0, 0.05) is 12.1 Å². The quantitative estimate of drug-likeness (QED) is 0.221. The summed E-state index contributed by atoms with van der Waals surface area (Å²) >= 11 is 12.6. The van der Waals surface area contributed by atoms with Crippen molar-refractivity contribution in [2.45, 2.75) is 0 Å². The van der Waals surface area contributed by atoms with Crippen molar-refractivity contribution in [3.05, 3.63) is 70.6 Å². The molecule has 156 valence electrons. The molecule has 5 nitrogen and oxygen atoms in total. The highest BCUT2D eigenvalue weighted by Gasteiger charge is 2.31. The lowest BCUT2D eigenvalue weighted by atomic mass is 10.1. The maximum Gasteiger partial charge on any atom is 0.266 e. The molecule has 3 rings (SSSR count). The summed E-state index contributed by atoms with van der Waals surface area (Å²) in [5, 5.41) is 0.546.